The van der Waals surface area contributed by atoms with Gasteiger partial charge in [-0.15, -0.1) is 0 Å². The van der Waals surface area contributed by atoms with Crippen LogP contribution in [-0.4, -0.2) is 30.4 Å². The number of rotatable bonds is 6. The van der Waals surface area contributed by atoms with Crippen molar-refractivity contribution in [2.45, 2.75) is 20.0 Å². The van der Waals surface area contributed by atoms with Gasteiger partial charge in [-0.1, -0.05) is 6.07 Å². The lowest BCUT2D eigenvalue weighted by atomic mass is 10.2. The Morgan fingerprint density at radius 1 is 1.18 bits per heavy atom. The molecule has 0 saturated heterocycles. The van der Waals surface area contributed by atoms with Crippen LogP contribution < -0.4 is 17.0 Å². The van der Waals surface area contributed by atoms with Crippen molar-refractivity contribution < 1.29 is 8.78 Å². The largest absolute Gasteiger partial charge is 0.351 e. The molecule has 0 saturated carbocycles. The van der Waals surface area contributed by atoms with Gasteiger partial charge in [0.25, 0.3) is 11.6 Å². The highest BCUT2D eigenvalue weighted by Crippen LogP contribution is 2.14. The van der Waals surface area contributed by atoms with Crippen LogP contribution in [0.2, 0.25) is 0 Å². The highest BCUT2D eigenvalue weighted by Gasteiger charge is 2.13. The van der Waals surface area contributed by atoms with Crippen LogP contribution in [0, 0.1) is 0 Å². The molecule has 0 aliphatic heterocycles. The van der Waals surface area contributed by atoms with E-state index in [1.807, 2.05) is 6.92 Å². The third-order valence-electron chi connectivity index (χ3n) is 4.21. The molecule has 0 amide bonds. The molecule has 0 unspecified atom stereocenters. The van der Waals surface area contributed by atoms with Crippen LogP contribution in [0.25, 0.3) is 17.1 Å². The van der Waals surface area contributed by atoms with E-state index < -0.39 is 18.3 Å². The monoisotopic (exact) mass is 388 g/mol. The van der Waals surface area contributed by atoms with Crippen molar-refractivity contribution in [3.63, 3.8) is 0 Å². The number of hydrogen-bond donors (Lipinski definition) is 1. The van der Waals surface area contributed by atoms with Gasteiger partial charge in [0.1, 0.15) is 12.1 Å². The molecule has 3 aromatic rings. The number of nitrogens with zero attached hydrogens (tertiary/aromatic N) is 5. The molecule has 0 fully saturated rings. The molecule has 3 heterocycles. The Hall–Kier alpha value is -3.40. The zero-order valence-corrected chi connectivity index (χ0v) is 15.0. The normalized spacial score (nSPS) is 10.9. The van der Waals surface area contributed by atoms with Crippen LogP contribution in [-0.2, 0) is 13.1 Å². The van der Waals surface area contributed by atoms with Crippen LogP contribution in [0.1, 0.15) is 6.92 Å². The van der Waals surface area contributed by atoms with Gasteiger partial charge in [-0.05, 0) is 31.2 Å². The van der Waals surface area contributed by atoms with Crippen molar-refractivity contribution in [3.05, 3.63) is 75.3 Å². The van der Waals surface area contributed by atoms with Gasteiger partial charge in [0, 0.05) is 24.9 Å². The maximum atomic E-state index is 12.8. The maximum Gasteiger partial charge on any atom is 0.351 e. The van der Waals surface area contributed by atoms with E-state index >= 15 is 0 Å². The second-order valence-electron chi connectivity index (χ2n) is 5.90. The van der Waals surface area contributed by atoms with E-state index in [0.717, 1.165) is 9.25 Å². The summed E-state index contributed by atoms with van der Waals surface area (Å²) in [5.41, 5.74) is 4.84. The summed E-state index contributed by atoms with van der Waals surface area (Å²) in [7, 11) is 0. The van der Waals surface area contributed by atoms with Crippen LogP contribution in [0.3, 0.4) is 0 Å². The van der Waals surface area contributed by atoms with E-state index in [-0.39, 0.29) is 23.5 Å². The molecule has 28 heavy (non-hydrogen) atoms. The van der Waals surface area contributed by atoms with E-state index in [0.29, 0.717) is 17.8 Å². The summed E-state index contributed by atoms with van der Waals surface area (Å²) in [4.78, 5) is 29.4. The Labute approximate surface area is 158 Å². The lowest BCUT2D eigenvalue weighted by Crippen LogP contribution is -2.26. The van der Waals surface area contributed by atoms with E-state index in [1.54, 1.807) is 41.1 Å². The Kier molecular flexibility index (Phi) is 5.59. The molecule has 8 nitrogen and oxygen atoms in total. The van der Waals surface area contributed by atoms with E-state index in [4.69, 9.17) is 5.73 Å². The highest BCUT2D eigenvalue weighted by atomic mass is 19.3. The summed E-state index contributed by atoms with van der Waals surface area (Å²) >= 11 is 0. The summed E-state index contributed by atoms with van der Waals surface area (Å²) < 4.78 is 29.1. The number of halogens is 2. The second-order valence-corrected chi connectivity index (χ2v) is 5.90. The minimum Gasteiger partial charge on any atom is -0.327 e. The predicted octanol–water partition coefficient (Wildman–Crippen LogP) is 1.39. The number of nitrogens with two attached hydrogens (primary N) is 1. The van der Waals surface area contributed by atoms with Crippen LogP contribution in [0.5, 0.6) is 0 Å². The molecule has 0 spiro atoms. The first-order chi connectivity index (χ1) is 13.5. The van der Waals surface area contributed by atoms with E-state index in [2.05, 4.69) is 10.1 Å². The smallest absolute Gasteiger partial charge is 0.327 e. The molecule has 0 aliphatic carbocycles. The summed E-state index contributed by atoms with van der Waals surface area (Å²) in [5.74, 6) is 0.221. The Morgan fingerprint density at radius 3 is 2.64 bits per heavy atom. The fraction of sp³-hybridized carbons (Fsp3) is 0.222. The first-order valence-electron chi connectivity index (χ1n) is 8.51. The number of pyridine rings is 2. The molecule has 0 aromatic carbocycles. The number of aryl methyl sites for hydroxylation is 1. The lowest BCUT2D eigenvalue weighted by molar-refractivity contribution is 0.400. The molecule has 2 N–H and O–H groups in total. The number of hydrogen-bond acceptors (Lipinski definition) is 5. The van der Waals surface area contributed by atoms with Gasteiger partial charge in [0.15, 0.2) is 0 Å². The molecule has 3 aromatic heterocycles. The van der Waals surface area contributed by atoms with Gasteiger partial charge >= 0.3 is 5.69 Å². The third kappa shape index (κ3) is 3.67. The van der Waals surface area contributed by atoms with Crippen molar-refractivity contribution in [1.29, 1.82) is 0 Å². The molecule has 10 heteroatoms. The Morgan fingerprint density at radius 2 is 1.96 bits per heavy atom. The Bertz CT molecular complexity index is 1140. The average Bonchev–Trinajstić information content (AvgIpc) is 3.06. The third-order valence-corrected chi connectivity index (χ3v) is 4.21. The van der Waals surface area contributed by atoms with Crippen molar-refractivity contribution >= 4 is 0 Å². The van der Waals surface area contributed by atoms with Crippen molar-refractivity contribution in [3.8, 4) is 17.1 Å². The van der Waals surface area contributed by atoms with Gasteiger partial charge in [0.05, 0.1) is 17.8 Å². The SMILES string of the molecule is CCn1cccc(-c2cccc(-n3cnn(CC(CN)=C(F)F)c3=O)n2)c1=O. The van der Waals surface area contributed by atoms with Gasteiger partial charge in [-0.25, -0.2) is 19.0 Å². The molecule has 0 bridgehead atoms. The first kappa shape index (κ1) is 19.4. The highest BCUT2D eigenvalue weighted by molar-refractivity contribution is 5.58. The fourth-order valence-corrected chi connectivity index (χ4v) is 2.67. The predicted molar refractivity (Wildman–Crippen MR) is 99.3 cm³/mol. The second kappa shape index (κ2) is 8.09. The van der Waals surface area contributed by atoms with Crippen molar-refractivity contribution in [2.75, 3.05) is 6.54 Å². The minimum absolute atomic E-state index is 0.200. The summed E-state index contributed by atoms with van der Waals surface area (Å²) in [6.07, 6.45) is 0.936. The topological polar surface area (TPSA) is 101 Å². The van der Waals surface area contributed by atoms with E-state index in [1.165, 1.54) is 6.33 Å². The molecule has 0 radical (unpaired) electrons. The first-order valence-corrected chi connectivity index (χ1v) is 8.51. The van der Waals surface area contributed by atoms with E-state index in [9.17, 15) is 18.4 Å². The summed E-state index contributed by atoms with van der Waals surface area (Å²) in [5, 5.41) is 3.85. The van der Waals surface area contributed by atoms with Crippen LogP contribution >= 0.6 is 0 Å². The zero-order chi connectivity index (χ0) is 20.3. The quantitative estimate of drug-likeness (QED) is 0.688. The van der Waals surface area contributed by atoms with Crippen LogP contribution in [0.15, 0.2) is 64.1 Å². The average molecular weight is 388 g/mol. The molecular formula is C18H18F2N6O2. The minimum atomic E-state index is -1.93. The molecule has 146 valence electrons. The fourth-order valence-electron chi connectivity index (χ4n) is 2.67. The van der Waals surface area contributed by atoms with Gasteiger partial charge < -0.3 is 10.3 Å². The molecule has 0 atom stereocenters. The summed E-state index contributed by atoms with van der Waals surface area (Å²) in [6, 6.07) is 8.26. The Balaban J connectivity index is 2.02. The maximum absolute atomic E-state index is 12.8. The summed E-state index contributed by atoms with van der Waals surface area (Å²) in [6.45, 7) is 1.57. The van der Waals surface area contributed by atoms with Crippen molar-refractivity contribution in [1.82, 2.24) is 23.9 Å². The van der Waals surface area contributed by atoms with Gasteiger partial charge in [-0.3, -0.25) is 4.79 Å². The molecule has 3 rings (SSSR count). The number of aromatic nitrogens is 5. The van der Waals surface area contributed by atoms with Gasteiger partial charge in [-0.2, -0.15) is 13.9 Å². The van der Waals surface area contributed by atoms with Crippen molar-refractivity contribution in [2.24, 2.45) is 5.73 Å². The van der Waals surface area contributed by atoms with Gasteiger partial charge in [0.2, 0.25) is 0 Å². The lowest BCUT2D eigenvalue weighted by Gasteiger charge is -2.07. The zero-order valence-electron chi connectivity index (χ0n) is 15.0. The van der Waals surface area contributed by atoms with Crippen LogP contribution in [0.4, 0.5) is 8.78 Å². The standard InChI is InChI=1S/C18H18F2N6O2/c1-2-24-8-4-5-13(17(24)27)14-6-3-7-15(23-14)25-11-22-26(18(25)28)10-12(9-21)16(19)20/h3-8,11H,2,9-10,21H2,1H3. The molecular weight excluding hydrogens is 370 g/mol. The molecule has 0 aliphatic rings.